The minimum absolute atomic E-state index is 0.408. The molecule has 0 unspecified atom stereocenters. The third kappa shape index (κ3) is 31.8. The molecule has 0 fully saturated rings. The molecule has 0 amide bonds. The molecule has 2 aromatic carbocycles. The number of halogens is 1. The predicted octanol–water partition coefficient (Wildman–Crippen LogP) is 11.6. The quantitative estimate of drug-likeness (QED) is 0.133. The molecule has 0 atom stereocenters. The summed E-state index contributed by atoms with van der Waals surface area (Å²) in [7, 11) is 2.17. The third-order valence-corrected chi connectivity index (χ3v) is 5.61. The normalized spacial score (nSPS) is 9.84. The second-order valence-corrected chi connectivity index (χ2v) is 10.4. The van der Waals surface area contributed by atoms with E-state index in [-0.39, 0.29) is 0 Å². The summed E-state index contributed by atoms with van der Waals surface area (Å²) in [6, 6.07) is 15.1. The molecule has 0 aliphatic heterocycles. The molecule has 6 heteroatoms. The molecule has 5 nitrogen and oxygen atoms in total. The van der Waals surface area contributed by atoms with Crippen LogP contribution in [-0.4, -0.2) is 36.6 Å². The van der Waals surface area contributed by atoms with Gasteiger partial charge in [-0.3, -0.25) is 0 Å². The van der Waals surface area contributed by atoms with Gasteiger partial charge in [-0.05, 0) is 109 Å². The van der Waals surface area contributed by atoms with Crippen LogP contribution in [-0.2, 0) is 0 Å². The summed E-state index contributed by atoms with van der Waals surface area (Å²) in [4.78, 5) is 2.36. The highest BCUT2D eigenvalue weighted by molar-refractivity contribution is 6.31. The molecule has 2 rings (SSSR count). The molecule has 0 N–H and O–H groups in total. The first-order chi connectivity index (χ1) is 20.9. The molecule has 0 aromatic heterocycles. The van der Waals surface area contributed by atoms with Crippen molar-refractivity contribution in [3.63, 3.8) is 0 Å². The summed E-state index contributed by atoms with van der Waals surface area (Å²) in [6.07, 6.45) is 3.80. The maximum Gasteiger partial charge on any atom is 0.211 e. The molecule has 0 bridgehead atoms. The number of rotatable bonds is 7. The van der Waals surface area contributed by atoms with Gasteiger partial charge < -0.3 is 9.64 Å². The highest BCUT2D eigenvalue weighted by atomic mass is 35.5. The summed E-state index contributed by atoms with van der Waals surface area (Å²) in [5.41, 5.74) is 3.77. The number of benzene rings is 2. The highest BCUT2D eigenvalue weighted by Crippen LogP contribution is 2.15. The second-order valence-electron chi connectivity index (χ2n) is 10.0. The van der Waals surface area contributed by atoms with Crippen LogP contribution in [0.25, 0.3) is 0 Å². The lowest BCUT2D eigenvalue weighted by atomic mass is 10.1. The van der Waals surface area contributed by atoms with Gasteiger partial charge in [0.05, 0.1) is 11.6 Å². The van der Waals surface area contributed by atoms with Crippen LogP contribution in [0.5, 0.6) is 5.75 Å². The van der Waals surface area contributed by atoms with Crippen LogP contribution in [0.1, 0.15) is 119 Å². The summed E-state index contributed by atoms with van der Waals surface area (Å²) in [5.74, 6) is 7.12. The summed E-state index contributed by atoms with van der Waals surface area (Å²) in [5, 5.41) is 17.3. The number of ether oxygens (including phenoxy) is 1. The van der Waals surface area contributed by atoms with Crippen molar-refractivity contribution < 1.29 is 4.74 Å². The Labute approximate surface area is 277 Å². The molecular formula is C38H63ClN4O. The Balaban J connectivity index is -0.000000253. The number of aryl methyl sites for hydroxylation is 2. The van der Waals surface area contributed by atoms with Crippen molar-refractivity contribution in [2.45, 2.75) is 116 Å². The van der Waals surface area contributed by atoms with E-state index in [1.165, 1.54) is 32.4 Å². The minimum atomic E-state index is 0.408. The first-order valence-corrected chi connectivity index (χ1v) is 16.3. The van der Waals surface area contributed by atoms with Crippen molar-refractivity contribution in [2.75, 3.05) is 20.1 Å². The van der Waals surface area contributed by atoms with Crippen LogP contribution in [0.2, 0.25) is 5.02 Å². The number of nitriles is 1. The Morgan fingerprint density at radius 1 is 0.909 bits per heavy atom. The first-order valence-electron chi connectivity index (χ1n) is 15.9. The van der Waals surface area contributed by atoms with Gasteiger partial charge in [-0.2, -0.15) is 10.4 Å². The van der Waals surface area contributed by atoms with E-state index in [9.17, 15) is 0 Å². The van der Waals surface area contributed by atoms with Gasteiger partial charge in [-0.15, -0.1) is 16.9 Å². The molecule has 2 aromatic rings. The van der Waals surface area contributed by atoms with E-state index >= 15 is 0 Å². The van der Waals surface area contributed by atoms with E-state index in [1.807, 2.05) is 84.9 Å². The van der Waals surface area contributed by atoms with Gasteiger partial charge in [0.1, 0.15) is 5.75 Å². The number of nitrogens with zero attached hydrogens (tertiary/aromatic N) is 4. The Morgan fingerprint density at radius 2 is 1.43 bits per heavy atom. The Hall–Kier alpha value is -3.12. The molecule has 0 aliphatic carbocycles. The van der Waals surface area contributed by atoms with Crippen molar-refractivity contribution in [3.05, 3.63) is 64.2 Å². The van der Waals surface area contributed by atoms with Crippen molar-refractivity contribution in [1.29, 1.82) is 5.26 Å². The van der Waals surface area contributed by atoms with Gasteiger partial charge in [-0.1, -0.05) is 91.6 Å². The maximum absolute atomic E-state index is 8.44. The van der Waals surface area contributed by atoms with Gasteiger partial charge >= 0.3 is 0 Å². The van der Waals surface area contributed by atoms with E-state index in [4.69, 9.17) is 21.6 Å². The average Bonchev–Trinajstić information content (AvgIpc) is 3.00. The lowest BCUT2D eigenvalue weighted by molar-refractivity contribution is 0.335. The summed E-state index contributed by atoms with van der Waals surface area (Å²) < 4.78 is 5.57. The number of hydrogen-bond donors (Lipinski definition) is 0. The highest BCUT2D eigenvalue weighted by Gasteiger charge is 1.99. The SMILES string of the molecule is C/C(=N\N=C(/C)C(C)C)Oc1cccc(C)c1.CC.CC#CC.CCC.CCCN(C)CCC.Cc1ccc(C#N)cc1Cl. The Bertz CT molecular complexity index is 1110. The predicted molar refractivity (Wildman–Crippen MR) is 198 cm³/mol. The van der Waals surface area contributed by atoms with Gasteiger partial charge in [0.15, 0.2) is 0 Å². The van der Waals surface area contributed by atoms with E-state index in [1.54, 1.807) is 19.1 Å². The van der Waals surface area contributed by atoms with Crippen molar-refractivity contribution in [3.8, 4) is 23.7 Å². The van der Waals surface area contributed by atoms with E-state index in [0.717, 1.165) is 22.6 Å². The van der Waals surface area contributed by atoms with E-state index in [2.05, 4.69) is 75.5 Å². The molecular weight excluding hydrogens is 564 g/mol. The lowest BCUT2D eigenvalue weighted by Gasteiger charge is -2.12. The van der Waals surface area contributed by atoms with E-state index in [0.29, 0.717) is 22.4 Å². The number of hydrogen-bond acceptors (Lipinski definition) is 5. The van der Waals surface area contributed by atoms with Crippen LogP contribution in [0.3, 0.4) is 0 Å². The Kier molecular flexibility index (Phi) is 37.3. The summed E-state index contributed by atoms with van der Waals surface area (Å²) in [6.45, 7) is 30.7. The lowest BCUT2D eigenvalue weighted by Crippen LogP contribution is -2.19. The molecule has 0 heterocycles. The molecule has 0 saturated heterocycles. The monoisotopic (exact) mass is 626 g/mol. The maximum atomic E-state index is 8.44. The van der Waals surface area contributed by atoms with Crippen molar-refractivity contribution >= 4 is 23.2 Å². The van der Waals surface area contributed by atoms with E-state index < -0.39 is 0 Å². The van der Waals surface area contributed by atoms with Crippen LogP contribution in [0, 0.1) is 42.9 Å². The van der Waals surface area contributed by atoms with Gasteiger partial charge in [0.2, 0.25) is 5.90 Å². The molecule has 0 spiro atoms. The zero-order chi connectivity index (χ0) is 34.9. The van der Waals surface area contributed by atoms with Gasteiger partial charge in [-0.25, -0.2) is 0 Å². The second kappa shape index (κ2) is 34.4. The van der Waals surface area contributed by atoms with Crippen LogP contribution < -0.4 is 4.74 Å². The largest absolute Gasteiger partial charge is 0.442 e. The van der Waals surface area contributed by atoms with Crippen LogP contribution in [0.4, 0.5) is 0 Å². The minimum Gasteiger partial charge on any atom is -0.442 e. The molecule has 0 saturated carbocycles. The zero-order valence-corrected chi connectivity index (χ0v) is 31.5. The summed E-state index contributed by atoms with van der Waals surface area (Å²) >= 11 is 5.74. The van der Waals surface area contributed by atoms with Crippen LogP contribution >= 0.6 is 11.6 Å². The van der Waals surface area contributed by atoms with Crippen molar-refractivity contribution in [2.24, 2.45) is 16.1 Å². The standard InChI is InChI=1S/C14H20N2O.C8H6ClN.C7H17N.C4H6.C3H8.C2H6/c1-10(2)12(4)15-16-13(5)17-14-8-6-7-11(3)9-14;1-6-2-3-7(5-10)4-8(6)9;1-4-6-8(3)7-5-2;1-3-4-2;1-3-2;1-2/h6-10H,1-5H3;2-4H,1H3;4-7H2,1-3H3;1-2H3;3H2,1-2H3;1-2H3/b15-12+,16-13+;;;;;. The fourth-order valence-electron chi connectivity index (χ4n) is 2.67. The fourth-order valence-corrected chi connectivity index (χ4v) is 2.85. The average molecular weight is 627 g/mol. The van der Waals surface area contributed by atoms with Gasteiger partial charge in [0, 0.05) is 17.7 Å². The van der Waals surface area contributed by atoms with Gasteiger partial charge in [0.25, 0.3) is 0 Å². The first kappa shape index (κ1) is 47.8. The topological polar surface area (TPSA) is 61.0 Å². The van der Waals surface area contributed by atoms with Crippen LogP contribution in [0.15, 0.2) is 52.7 Å². The van der Waals surface area contributed by atoms with Crippen molar-refractivity contribution in [1.82, 2.24) is 4.90 Å². The molecule has 0 aliphatic rings. The fraction of sp³-hybridized carbons (Fsp3) is 0.553. The molecule has 0 radical (unpaired) electrons. The Morgan fingerprint density at radius 3 is 1.82 bits per heavy atom. The smallest absolute Gasteiger partial charge is 0.211 e. The third-order valence-electron chi connectivity index (χ3n) is 5.20. The molecule has 248 valence electrons. The molecule has 44 heavy (non-hydrogen) atoms. The zero-order valence-electron chi connectivity index (χ0n) is 30.7.